The first kappa shape index (κ1) is 11.4. The minimum Gasteiger partial charge on any atom is -0.0901 e. The lowest BCUT2D eigenvalue weighted by Crippen LogP contribution is -1.95. The van der Waals surface area contributed by atoms with Crippen LogP contribution in [-0.4, -0.2) is 6.16 Å². The van der Waals surface area contributed by atoms with Crippen molar-refractivity contribution in [3.63, 3.8) is 0 Å². The minimum absolute atomic E-state index is 0.927. The molecule has 16 heavy (non-hydrogen) atoms. The summed E-state index contributed by atoms with van der Waals surface area (Å²) >= 11 is 0. The highest BCUT2D eigenvalue weighted by Crippen LogP contribution is 2.13. The molecule has 2 aromatic rings. The molecular weight excluding hydrogens is 211 g/mol. The van der Waals surface area contributed by atoms with E-state index in [1.807, 2.05) is 0 Å². The van der Waals surface area contributed by atoms with Gasteiger partial charge >= 0.3 is 0 Å². The van der Waals surface area contributed by atoms with E-state index in [4.69, 9.17) is 0 Å². The Morgan fingerprint density at radius 1 is 0.875 bits per heavy atom. The zero-order valence-electron chi connectivity index (χ0n) is 9.61. The molecule has 0 spiro atoms. The zero-order chi connectivity index (χ0) is 11.2. The van der Waals surface area contributed by atoms with Gasteiger partial charge in [-0.2, -0.15) is 0 Å². The number of hydrogen-bond acceptors (Lipinski definition) is 0. The van der Waals surface area contributed by atoms with Crippen molar-refractivity contribution in [2.45, 2.75) is 13.3 Å². The lowest BCUT2D eigenvalue weighted by atomic mass is 10.1. The molecule has 0 bridgehead atoms. The molecule has 0 heterocycles. The van der Waals surface area contributed by atoms with E-state index in [1.165, 1.54) is 29.0 Å². The van der Waals surface area contributed by atoms with Crippen LogP contribution in [0.1, 0.15) is 11.1 Å². The highest BCUT2D eigenvalue weighted by molar-refractivity contribution is 7.47. The van der Waals surface area contributed by atoms with E-state index in [0.717, 1.165) is 8.58 Å². The summed E-state index contributed by atoms with van der Waals surface area (Å²) in [5, 5.41) is 1.47. The zero-order valence-corrected chi connectivity index (χ0v) is 10.6. The van der Waals surface area contributed by atoms with Gasteiger partial charge in [0.25, 0.3) is 0 Å². The van der Waals surface area contributed by atoms with Crippen molar-refractivity contribution in [1.82, 2.24) is 0 Å². The molecule has 0 nitrogen and oxygen atoms in total. The summed E-state index contributed by atoms with van der Waals surface area (Å²) in [4.78, 5) is 0. The Kier molecular flexibility index (Phi) is 4.13. The molecule has 2 rings (SSSR count). The van der Waals surface area contributed by atoms with Gasteiger partial charge in [-0.05, 0) is 30.4 Å². The Morgan fingerprint density at radius 2 is 1.56 bits per heavy atom. The Labute approximate surface area is 99.5 Å². The topological polar surface area (TPSA) is 0 Å². The van der Waals surface area contributed by atoms with Gasteiger partial charge in [-0.15, -0.1) is 0 Å². The summed E-state index contributed by atoms with van der Waals surface area (Å²) in [6, 6.07) is 19.6. The van der Waals surface area contributed by atoms with E-state index in [0.29, 0.717) is 0 Å². The summed E-state index contributed by atoms with van der Waals surface area (Å²) in [5.74, 6) is 0. The first-order valence-electron chi connectivity index (χ1n) is 5.69. The van der Waals surface area contributed by atoms with Crippen molar-refractivity contribution in [3.8, 4) is 0 Å². The van der Waals surface area contributed by atoms with Gasteiger partial charge in [0.05, 0.1) is 0 Å². The molecular formula is C15H17P. The van der Waals surface area contributed by atoms with Crippen LogP contribution in [0.25, 0.3) is 0 Å². The largest absolute Gasteiger partial charge is 0.0901 e. The van der Waals surface area contributed by atoms with Crippen LogP contribution < -0.4 is 5.30 Å². The fraction of sp³-hybridized carbons (Fsp3) is 0.200. The van der Waals surface area contributed by atoms with Crippen molar-refractivity contribution < 1.29 is 0 Å². The molecule has 0 amide bonds. The van der Waals surface area contributed by atoms with Gasteiger partial charge in [0, 0.05) is 0 Å². The van der Waals surface area contributed by atoms with Gasteiger partial charge in [-0.3, -0.25) is 0 Å². The van der Waals surface area contributed by atoms with Crippen LogP contribution in [0.4, 0.5) is 0 Å². The molecule has 1 atom stereocenters. The van der Waals surface area contributed by atoms with Gasteiger partial charge in [-0.25, -0.2) is 0 Å². The molecule has 1 heteroatoms. The van der Waals surface area contributed by atoms with Crippen LogP contribution in [0.2, 0.25) is 0 Å². The number of benzene rings is 2. The third-order valence-corrected chi connectivity index (χ3v) is 3.88. The van der Waals surface area contributed by atoms with Crippen molar-refractivity contribution in [2.75, 3.05) is 6.16 Å². The van der Waals surface area contributed by atoms with E-state index in [2.05, 4.69) is 61.5 Å². The van der Waals surface area contributed by atoms with E-state index in [-0.39, 0.29) is 0 Å². The first-order valence-corrected chi connectivity index (χ1v) is 6.90. The normalized spacial score (nSPS) is 11.1. The maximum absolute atomic E-state index is 2.24. The molecule has 0 aliphatic rings. The molecule has 2 aromatic carbocycles. The molecule has 1 unspecified atom stereocenters. The fourth-order valence-electron chi connectivity index (χ4n) is 1.66. The molecule has 0 aromatic heterocycles. The van der Waals surface area contributed by atoms with E-state index in [1.54, 1.807) is 0 Å². The molecule has 0 aliphatic heterocycles. The maximum atomic E-state index is 2.24. The fourth-order valence-corrected chi connectivity index (χ4v) is 2.79. The molecule has 0 N–H and O–H groups in total. The Bertz CT molecular complexity index is 417. The minimum atomic E-state index is 0.927. The quantitative estimate of drug-likeness (QED) is 0.702. The van der Waals surface area contributed by atoms with E-state index in [9.17, 15) is 0 Å². The van der Waals surface area contributed by atoms with Crippen molar-refractivity contribution >= 4 is 13.9 Å². The average Bonchev–Trinajstić information content (AvgIpc) is 2.33. The second-order valence-electron chi connectivity index (χ2n) is 4.03. The van der Waals surface area contributed by atoms with Crippen molar-refractivity contribution in [3.05, 3.63) is 65.7 Å². The van der Waals surface area contributed by atoms with Crippen LogP contribution in [0, 0.1) is 6.92 Å². The first-order chi connectivity index (χ1) is 7.84. The van der Waals surface area contributed by atoms with Crippen LogP contribution in [0.5, 0.6) is 0 Å². The molecule has 0 fully saturated rings. The monoisotopic (exact) mass is 228 g/mol. The number of aryl methyl sites for hydroxylation is 2. The van der Waals surface area contributed by atoms with E-state index < -0.39 is 0 Å². The van der Waals surface area contributed by atoms with Crippen LogP contribution >= 0.6 is 8.58 Å². The summed E-state index contributed by atoms with van der Waals surface area (Å²) in [7, 11) is 0.927. The highest BCUT2D eigenvalue weighted by atomic mass is 31.1. The molecule has 0 saturated carbocycles. The van der Waals surface area contributed by atoms with E-state index >= 15 is 0 Å². The van der Waals surface area contributed by atoms with Gasteiger partial charge in [0.15, 0.2) is 0 Å². The Morgan fingerprint density at radius 3 is 2.25 bits per heavy atom. The third-order valence-electron chi connectivity index (χ3n) is 2.64. The van der Waals surface area contributed by atoms with Crippen molar-refractivity contribution in [2.24, 2.45) is 0 Å². The third kappa shape index (κ3) is 3.47. The standard InChI is InChI=1S/C15H17P/c1-13-7-9-14(10-8-13)11-12-16-15-5-3-2-4-6-15/h2-10,16H,11-12H2,1H3. The summed E-state index contributed by atoms with van der Waals surface area (Å²) in [6.45, 7) is 2.13. The average molecular weight is 228 g/mol. The SMILES string of the molecule is Cc1ccc(CCPc2ccccc2)cc1. The molecule has 82 valence electrons. The lowest BCUT2D eigenvalue weighted by molar-refractivity contribution is 1.15. The molecule has 0 aliphatic carbocycles. The maximum Gasteiger partial charge on any atom is -0.0239 e. The van der Waals surface area contributed by atoms with Crippen LogP contribution in [0.15, 0.2) is 54.6 Å². The van der Waals surface area contributed by atoms with Gasteiger partial charge in [-0.1, -0.05) is 68.7 Å². The molecule has 0 radical (unpaired) electrons. The van der Waals surface area contributed by atoms with Crippen LogP contribution in [0.3, 0.4) is 0 Å². The van der Waals surface area contributed by atoms with Gasteiger partial charge < -0.3 is 0 Å². The smallest absolute Gasteiger partial charge is 0.0239 e. The Balaban J connectivity index is 1.82. The highest BCUT2D eigenvalue weighted by Gasteiger charge is 1.94. The summed E-state index contributed by atoms with van der Waals surface area (Å²) in [5.41, 5.74) is 2.79. The number of rotatable bonds is 4. The summed E-state index contributed by atoms with van der Waals surface area (Å²) < 4.78 is 0. The second kappa shape index (κ2) is 5.82. The predicted octanol–water partition coefficient (Wildman–Crippen LogP) is 3.54. The van der Waals surface area contributed by atoms with Crippen molar-refractivity contribution in [1.29, 1.82) is 0 Å². The Hall–Kier alpha value is -1.13. The van der Waals surface area contributed by atoms with Crippen LogP contribution in [-0.2, 0) is 6.42 Å². The predicted molar refractivity (Wildman–Crippen MR) is 74.1 cm³/mol. The van der Waals surface area contributed by atoms with Gasteiger partial charge in [0.2, 0.25) is 0 Å². The second-order valence-corrected chi connectivity index (χ2v) is 5.46. The lowest BCUT2D eigenvalue weighted by Gasteiger charge is -2.03. The summed E-state index contributed by atoms with van der Waals surface area (Å²) in [6.07, 6.45) is 2.45. The van der Waals surface area contributed by atoms with Gasteiger partial charge in [0.1, 0.15) is 0 Å². The number of hydrogen-bond donors (Lipinski definition) is 0. The molecule has 0 saturated heterocycles.